The zero-order valence-corrected chi connectivity index (χ0v) is 7.97. The molecule has 0 spiro atoms. The monoisotopic (exact) mass is 181 g/mol. The van der Waals surface area contributed by atoms with E-state index in [1.165, 1.54) is 11.3 Å². The molecule has 0 N–H and O–H groups in total. The van der Waals surface area contributed by atoms with E-state index in [4.69, 9.17) is 0 Å². The lowest BCUT2D eigenvalue weighted by molar-refractivity contribution is 0.104. The van der Waals surface area contributed by atoms with E-state index in [9.17, 15) is 4.79 Å². The van der Waals surface area contributed by atoms with Crippen LogP contribution < -0.4 is 0 Å². The van der Waals surface area contributed by atoms with Crippen molar-refractivity contribution in [3.63, 3.8) is 0 Å². The van der Waals surface area contributed by atoms with Gasteiger partial charge in [0.2, 0.25) is 0 Å². The highest BCUT2D eigenvalue weighted by Gasteiger charge is 2.00. The minimum atomic E-state index is 0.0682. The predicted molar refractivity (Wildman–Crippen MR) is 51.5 cm³/mol. The van der Waals surface area contributed by atoms with Crippen molar-refractivity contribution in [2.45, 2.75) is 0 Å². The van der Waals surface area contributed by atoms with Gasteiger partial charge in [-0.05, 0) is 11.4 Å². The Morgan fingerprint density at radius 2 is 2.33 bits per heavy atom. The van der Waals surface area contributed by atoms with Gasteiger partial charge in [0.25, 0.3) is 0 Å². The lowest BCUT2D eigenvalue weighted by Gasteiger charge is -2.01. The molecule has 0 aliphatic heterocycles. The molecule has 0 aromatic carbocycles. The second-order valence-corrected chi connectivity index (χ2v) is 3.57. The molecule has 0 bridgehead atoms. The van der Waals surface area contributed by atoms with Gasteiger partial charge in [-0.25, -0.2) is 0 Å². The van der Waals surface area contributed by atoms with Crippen molar-refractivity contribution in [3.8, 4) is 0 Å². The number of allylic oxidation sites excluding steroid dienone is 1. The molecule has 0 atom stereocenters. The maximum absolute atomic E-state index is 11.3. The van der Waals surface area contributed by atoms with Gasteiger partial charge >= 0.3 is 0 Å². The van der Waals surface area contributed by atoms with E-state index in [0.717, 1.165) is 4.88 Å². The fraction of sp³-hybridized carbons (Fsp3) is 0.222. The molecular formula is C9H11NOS. The van der Waals surface area contributed by atoms with E-state index >= 15 is 0 Å². The van der Waals surface area contributed by atoms with Gasteiger partial charge in [0.1, 0.15) is 0 Å². The fourth-order valence-corrected chi connectivity index (χ4v) is 1.36. The van der Waals surface area contributed by atoms with E-state index in [-0.39, 0.29) is 5.78 Å². The SMILES string of the molecule is CN(C)/C=C/C(=O)c1cccs1. The molecule has 0 fully saturated rings. The van der Waals surface area contributed by atoms with Crippen LogP contribution in [0.1, 0.15) is 9.67 Å². The van der Waals surface area contributed by atoms with Crippen LogP contribution in [-0.4, -0.2) is 24.8 Å². The third-order valence-electron chi connectivity index (χ3n) is 1.29. The van der Waals surface area contributed by atoms with Crippen LogP contribution in [0.5, 0.6) is 0 Å². The lowest BCUT2D eigenvalue weighted by Crippen LogP contribution is -2.02. The van der Waals surface area contributed by atoms with E-state index in [2.05, 4.69) is 0 Å². The average molecular weight is 181 g/mol. The molecule has 0 amide bonds. The van der Waals surface area contributed by atoms with Crippen molar-refractivity contribution in [1.82, 2.24) is 4.90 Å². The van der Waals surface area contributed by atoms with Crippen molar-refractivity contribution >= 4 is 17.1 Å². The molecule has 1 aromatic rings. The number of nitrogens with zero attached hydrogens (tertiary/aromatic N) is 1. The quantitative estimate of drug-likeness (QED) is 0.525. The molecule has 1 heterocycles. The van der Waals surface area contributed by atoms with Crippen LogP contribution in [0.2, 0.25) is 0 Å². The second kappa shape index (κ2) is 4.07. The number of rotatable bonds is 3. The van der Waals surface area contributed by atoms with E-state index in [0.29, 0.717) is 0 Å². The topological polar surface area (TPSA) is 20.3 Å². The zero-order chi connectivity index (χ0) is 8.97. The van der Waals surface area contributed by atoms with Gasteiger partial charge in [-0.3, -0.25) is 4.79 Å². The number of carbonyl (C=O) groups excluding carboxylic acids is 1. The molecule has 0 saturated carbocycles. The van der Waals surface area contributed by atoms with E-state index in [1.54, 1.807) is 12.3 Å². The van der Waals surface area contributed by atoms with Gasteiger partial charge in [-0.2, -0.15) is 0 Å². The average Bonchev–Trinajstić information content (AvgIpc) is 2.51. The number of thiophene rings is 1. The van der Waals surface area contributed by atoms with Crippen LogP contribution in [0.25, 0.3) is 0 Å². The van der Waals surface area contributed by atoms with Crippen molar-refractivity contribution in [1.29, 1.82) is 0 Å². The zero-order valence-electron chi connectivity index (χ0n) is 7.15. The number of hydrogen-bond donors (Lipinski definition) is 0. The Labute approximate surface area is 76.1 Å². The van der Waals surface area contributed by atoms with Gasteiger partial charge < -0.3 is 4.90 Å². The smallest absolute Gasteiger partial charge is 0.197 e. The summed E-state index contributed by atoms with van der Waals surface area (Å²) < 4.78 is 0. The molecule has 0 unspecified atom stereocenters. The Morgan fingerprint density at radius 3 is 2.83 bits per heavy atom. The van der Waals surface area contributed by atoms with Crippen molar-refractivity contribution in [3.05, 3.63) is 34.7 Å². The number of hydrogen-bond acceptors (Lipinski definition) is 3. The molecule has 3 heteroatoms. The Kier molecular flexibility index (Phi) is 3.05. The van der Waals surface area contributed by atoms with Gasteiger partial charge in [-0.15, -0.1) is 11.3 Å². The molecule has 12 heavy (non-hydrogen) atoms. The fourth-order valence-electron chi connectivity index (χ4n) is 0.718. The highest BCUT2D eigenvalue weighted by molar-refractivity contribution is 7.12. The molecular weight excluding hydrogens is 170 g/mol. The second-order valence-electron chi connectivity index (χ2n) is 2.62. The van der Waals surface area contributed by atoms with E-state index < -0.39 is 0 Å². The number of carbonyl (C=O) groups is 1. The van der Waals surface area contributed by atoms with Gasteiger partial charge in [-0.1, -0.05) is 6.07 Å². The van der Waals surface area contributed by atoms with E-state index in [1.807, 2.05) is 36.5 Å². The summed E-state index contributed by atoms with van der Waals surface area (Å²) in [5.41, 5.74) is 0. The minimum Gasteiger partial charge on any atom is -0.383 e. The molecule has 2 nitrogen and oxygen atoms in total. The van der Waals surface area contributed by atoms with Crippen LogP contribution in [0.3, 0.4) is 0 Å². The summed E-state index contributed by atoms with van der Waals surface area (Å²) in [7, 11) is 3.77. The Balaban J connectivity index is 2.62. The maximum atomic E-state index is 11.3. The van der Waals surface area contributed by atoms with Crippen LogP contribution >= 0.6 is 11.3 Å². The lowest BCUT2D eigenvalue weighted by atomic mass is 10.3. The standard InChI is InChI=1S/C9H11NOS/c1-10(2)6-5-8(11)9-4-3-7-12-9/h3-7H,1-2H3/b6-5+. The predicted octanol–water partition coefficient (Wildman–Crippen LogP) is 2.01. The summed E-state index contributed by atoms with van der Waals surface area (Å²) in [5, 5.41) is 1.90. The first-order valence-corrected chi connectivity index (χ1v) is 4.50. The maximum Gasteiger partial charge on any atom is 0.197 e. The Morgan fingerprint density at radius 1 is 1.58 bits per heavy atom. The number of ketones is 1. The van der Waals surface area contributed by atoms with Crippen LogP contribution in [0.15, 0.2) is 29.8 Å². The third kappa shape index (κ3) is 2.51. The first kappa shape index (κ1) is 9.00. The molecule has 0 aliphatic rings. The van der Waals surface area contributed by atoms with Crippen LogP contribution in [-0.2, 0) is 0 Å². The molecule has 0 saturated heterocycles. The summed E-state index contributed by atoms with van der Waals surface area (Å²) in [6.07, 6.45) is 3.33. The van der Waals surface area contributed by atoms with Gasteiger partial charge in [0, 0.05) is 26.4 Å². The molecule has 0 radical (unpaired) electrons. The molecule has 1 rings (SSSR count). The summed E-state index contributed by atoms with van der Waals surface area (Å²) >= 11 is 1.46. The summed E-state index contributed by atoms with van der Waals surface area (Å²) in [5.74, 6) is 0.0682. The van der Waals surface area contributed by atoms with Crippen LogP contribution in [0, 0.1) is 0 Å². The molecule has 1 aromatic heterocycles. The summed E-state index contributed by atoms with van der Waals surface area (Å²) in [4.78, 5) is 13.9. The molecule has 0 aliphatic carbocycles. The first-order chi connectivity index (χ1) is 5.70. The highest BCUT2D eigenvalue weighted by atomic mass is 32.1. The van der Waals surface area contributed by atoms with Crippen molar-refractivity contribution in [2.75, 3.05) is 14.1 Å². The Bertz CT molecular complexity index is 275. The third-order valence-corrected chi connectivity index (χ3v) is 2.17. The highest BCUT2D eigenvalue weighted by Crippen LogP contribution is 2.09. The normalized spacial score (nSPS) is 10.5. The minimum absolute atomic E-state index is 0.0682. The van der Waals surface area contributed by atoms with Crippen LogP contribution in [0.4, 0.5) is 0 Å². The van der Waals surface area contributed by atoms with Crippen molar-refractivity contribution < 1.29 is 4.79 Å². The largest absolute Gasteiger partial charge is 0.383 e. The molecule has 64 valence electrons. The first-order valence-electron chi connectivity index (χ1n) is 3.62. The summed E-state index contributed by atoms with van der Waals surface area (Å²) in [6.45, 7) is 0. The van der Waals surface area contributed by atoms with Crippen molar-refractivity contribution in [2.24, 2.45) is 0 Å². The summed E-state index contributed by atoms with van der Waals surface area (Å²) in [6, 6.07) is 3.70. The van der Waals surface area contributed by atoms with Gasteiger partial charge in [0.15, 0.2) is 5.78 Å². The van der Waals surface area contributed by atoms with Gasteiger partial charge in [0.05, 0.1) is 4.88 Å². The Hall–Kier alpha value is -1.09.